The van der Waals surface area contributed by atoms with E-state index in [-0.39, 0.29) is 0 Å². The number of nitriles is 1. The van der Waals surface area contributed by atoms with E-state index in [2.05, 4.69) is 27.1 Å². The van der Waals surface area contributed by atoms with Gasteiger partial charge in [0.15, 0.2) is 5.82 Å². The maximum atomic E-state index is 9.04. The Kier molecular flexibility index (Phi) is 3.02. The van der Waals surface area contributed by atoms with Crippen molar-refractivity contribution in [3.63, 3.8) is 0 Å². The van der Waals surface area contributed by atoms with Crippen LogP contribution < -0.4 is 10.5 Å². The van der Waals surface area contributed by atoms with Crippen molar-refractivity contribution in [2.24, 2.45) is 0 Å². The van der Waals surface area contributed by atoms with Crippen molar-refractivity contribution >= 4 is 21.7 Å². The van der Waals surface area contributed by atoms with Crippen LogP contribution in [0.4, 0.5) is 5.82 Å². The molecule has 2 aromatic rings. The summed E-state index contributed by atoms with van der Waals surface area (Å²) >= 11 is 3.27. The first kappa shape index (κ1) is 11.5. The zero-order valence-corrected chi connectivity index (χ0v) is 10.6. The van der Waals surface area contributed by atoms with Crippen LogP contribution in [0.2, 0.25) is 0 Å². The average molecular weight is 293 g/mol. The molecule has 0 bridgehead atoms. The van der Waals surface area contributed by atoms with Gasteiger partial charge in [-0.2, -0.15) is 5.26 Å². The number of nitrogens with two attached hydrogens (primary N) is 1. The molecule has 0 saturated heterocycles. The zero-order valence-electron chi connectivity index (χ0n) is 9.01. The molecule has 0 unspecified atom stereocenters. The number of rotatable bonds is 2. The van der Waals surface area contributed by atoms with Crippen LogP contribution in [0.1, 0.15) is 5.56 Å². The number of benzene rings is 1. The lowest BCUT2D eigenvalue weighted by atomic mass is 10.2. The van der Waals surface area contributed by atoms with Crippen molar-refractivity contribution in [3.05, 3.63) is 34.4 Å². The van der Waals surface area contributed by atoms with Gasteiger partial charge in [-0.05, 0) is 28.1 Å². The van der Waals surface area contributed by atoms with E-state index in [0.29, 0.717) is 27.3 Å². The second-order valence-electron chi connectivity index (χ2n) is 3.30. The Hall–Kier alpha value is -2.00. The number of hydrogen-bond acceptors (Lipinski definition) is 4. The first-order valence-corrected chi connectivity index (χ1v) is 5.54. The van der Waals surface area contributed by atoms with Gasteiger partial charge in [0.2, 0.25) is 0 Å². The molecule has 1 heterocycles. The first-order chi connectivity index (χ1) is 8.15. The highest BCUT2D eigenvalue weighted by molar-refractivity contribution is 9.10. The third-order valence-corrected chi connectivity index (χ3v) is 2.88. The molecule has 0 radical (unpaired) electrons. The molecule has 0 fully saturated rings. The lowest BCUT2D eigenvalue weighted by Gasteiger charge is -2.06. The van der Waals surface area contributed by atoms with Gasteiger partial charge in [-0.3, -0.25) is 0 Å². The number of halogens is 1. The predicted molar refractivity (Wildman–Crippen MR) is 66.9 cm³/mol. The van der Waals surface area contributed by atoms with Gasteiger partial charge in [-0.1, -0.05) is 0 Å². The van der Waals surface area contributed by atoms with Crippen LogP contribution in [0.5, 0.6) is 5.75 Å². The fourth-order valence-electron chi connectivity index (χ4n) is 1.41. The highest BCUT2D eigenvalue weighted by atomic mass is 79.9. The Morgan fingerprint density at radius 3 is 2.82 bits per heavy atom. The van der Waals surface area contributed by atoms with Gasteiger partial charge in [-0.25, -0.2) is 4.68 Å². The van der Waals surface area contributed by atoms with Gasteiger partial charge in [0.1, 0.15) is 11.8 Å². The molecule has 0 aliphatic carbocycles. The van der Waals surface area contributed by atoms with Gasteiger partial charge < -0.3 is 10.5 Å². The van der Waals surface area contributed by atoms with Crippen LogP contribution in [-0.2, 0) is 0 Å². The molecule has 0 saturated carbocycles. The molecule has 6 heteroatoms. The van der Waals surface area contributed by atoms with E-state index >= 15 is 0 Å². The standard InChI is InChI=1S/C11H9BrN4O/c1-17-8-3-2-7(5-13)10(4-8)16-6-9(12)11(14)15-16/h2-4,6H,1H3,(H2,14,15). The van der Waals surface area contributed by atoms with E-state index in [9.17, 15) is 0 Å². The van der Waals surface area contributed by atoms with E-state index in [1.54, 1.807) is 36.2 Å². The van der Waals surface area contributed by atoms with E-state index in [1.165, 1.54) is 0 Å². The predicted octanol–water partition coefficient (Wildman–Crippen LogP) is 2.10. The van der Waals surface area contributed by atoms with Crippen molar-refractivity contribution in [2.75, 3.05) is 12.8 Å². The molecule has 0 amide bonds. The van der Waals surface area contributed by atoms with E-state index < -0.39 is 0 Å². The van der Waals surface area contributed by atoms with Crippen LogP contribution in [0, 0.1) is 11.3 Å². The first-order valence-electron chi connectivity index (χ1n) is 4.75. The summed E-state index contributed by atoms with van der Waals surface area (Å²) in [6, 6.07) is 7.24. The highest BCUT2D eigenvalue weighted by Crippen LogP contribution is 2.24. The van der Waals surface area contributed by atoms with E-state index in [1.807, 2.05) is 0 Å². The van der Waals surface area contributed by atoms with E-state index in [4.69, 9.17) is 15.7 Å². The second kappa shape index (κ2) is 4.47. The average Bonchev–Trinajstić information content (AvgIpc) is 2.68. The molecule has 0 atom stereocenters. The Bertz CT molecular complexity index is 581. The molecule has 1 aromatic heterocycles. The number of ether oxygens (including phenoxy) is 1. The number of anilines is 1. The van der Waals surface area contributed by atoms with Gasteiger partial charge >= 0.3 is 0 Å². The van der Waals surface area contributed by atoms with Gasteiger partial charge in [0, 0.05) is 12.3 Å². The molecule has 0 spiro atoms. The van der Waals surface area contributed by atoms with Crippen LogP contribution in [0.25, 0.3) is 5.69 Å². The highest BCUT2D eigenvalue weighted by Gasteiger charge is 2.10. The van der Waals surface area contributed by atoms with Crippen molar-refractivity contribution in [1.82, 2.24) is 9.78 Å². The summed E-state index contributed by atoms with van der Waals surface area (Å²) in [4.78, 5) is 0. The normalized spacial score (nSPS) is 9.94. The molecule has 86 valence electrons. The second-order valence-corrected chi connectivity index (χ2v) is 4.16. The fourth-order valence-corrected chi connectivity index (χ4v) is 1.69. The summed E-state index contributed by atoms with van der Waals surface area (Å²) in [7, 11) is 1.57. The van der Waals surface area contributed by atoms with Crippen molar-refractivity contribution in [1.29, 1.82) is 5.26 Å². The number of nitrogen functional groups attached to an aromatic ring is 1. The Morgan fingerprint density at radius 2 is 2.29 bits per heavy atom. The summed E-state index contributed by atoms with van der Waals surface area (Å²) in [5, 5.41) is 13.1. The monoisotopic (exact) mass is 292 g/mol. The largest absolute Gasteiger partial charge is 0.497 e. The maximum absolute atomic E-state index is 9.04. The Balaban J connectivity index is 2.60. The fraction of sp³-hybridized carbons (Fsp3) is 0.0909. The zero-order chi connectivity index (χ0) is 12.4. The third-order valence-electron chi connectivity index (χ3n) is 2.27. The molecular formula is C11H9BrN4O. The lowest BCUT2D eigenvalue weighted by molar-refractivity contribution is 0.414. The topological polar surface area (TPSA) is 76.9 Å². The summed E-state index contributed by atoms with van der Waals surface area (Å²) in [5.74, 6) is 1.03. The van der Waals surface area contributed by atoms with Crippen LogP contribution in [0.3, 0.4) is 0 Å². The number of aromatic nitrogens is 2. The SMILES string of the molecule is COc1ccc(C#N)c(-n2cc(Br)c(N)n2)c1. The summed E-state index contributed by atoms with van der Waals surface area (Å²) in [6.45, 7) is 0. The molecule has 5 nitrogen and oxygen atoms in total. The van der Waals surface area contributed by atoms with E-state index in [0.717, 1.165) is 0 Å². The smallest absolute Gasteiger partial charge is 0.160 e. The molecule has 17 heavy (non-hydrogen) atoms. The number of methoxy groups -OCH3 is 1. The molecule has 1 aromatic carbocycles. The van der Waals surface area contributed by atoms with Gasteiger partial charge in [-0.15, -0.1) is 5.10 Å². The molecule has 0 aliphatic rings. The van der Waals surface area contributed by atoms with Gasteiger partial charge in [0.25, 0.3) is 0 Å². The molecule has 2 rings (SSSR count). The summed E-state index contributed by atoms with van der Waals surface area (Å²) < 4.78 is 7.35. The molecule has 2 N–H and O–H groups in total. The van der Waals surface area contributed by atoms with Crippen LogP contribution in [-0.4, -0.2) is 16.9 Å². The summed E-state index contributed by atoms with van der Waals surface area (Å²) in [5.41, 5.74) is 6.78. The minimum absolute atomic E-state index is 0.372. The minimum atomic E-state index is 0.372. The number of nitrogens with zero attached hydrogens (tertiary/aromatic N) is 3. The van der Waals surface area contributed by atoms with Crippen LogP contribution in [0.15, 0.2) is 28.9 Å². The molecular weight excluding hydrogens is 284 g/mol. The quantitative estimate of drug-likeness (QED) is 0.919. The molecule has 0 aliphatic heterocycles. The Labute approximate surface area is 107 Å². The Morgan fingerprint density at radius 1 is 1.53 bits per heavy atom. The summed E-state index contributed by atoms with van der Waals surface area (Å²) in [6.07, 6.45) is 1.70. The minimum Gasteiger partial charge on any atom is -0.497 e. The van der Waals surface area contributed by atoms with Gasteiger partial charge in [0.05, 0.1) is 22.8 Å². The van der Waals surface area contributed by atoms with Crippen molar-refractivity contribution in [3.8, 4) is 17.5 Å². The third kappa shape index (κ3) is 2.10. The van der Waals surface area contributed by atoms with Crippen LogP contribution >= 0.6 is 15.9 Å². The van der Waals surface area contributed by atoms with Crippen molar-refractivity contribution in [2.45, 2.75) is 0 Å². The van der Waals surface area contributed by atoms with Crippen molar-refractivity contribution < 1.29 is 4.74 Å². The maximum Gasteiger partial charge on any atom is 0.160 e. The number of hydrogen-bond donors (Lipinski definition) is 1. The lowest BCUT2D eigenvalue weighted by Crippen LogP contribution is -2.00.